The Bertz CT molecular complexity index is 827. The molecule has 2 unspecified atom stereocenters. The molecule has 1 aromatic rings. The number of nitrogens with zero attached hydrogens (tertiary/aromatic N) is 2. The largest absolute Gasteiger partial charge is 0.358 e. The average molecular weight is 351 g/mol. The van der Waals surface area contributed by atoms with Crippen LogP contribution in [0.15, 0.2) is 29.6 Å². The molecular weight excluding hydrogens is 316 g/mol. The quantitative estimate of drug-likeness (QED) is 0.647. The fourth-order valence-electron chi connectivity index (χ4n) is 6.56. The van der Waals surface area contributed by atoms with Crippen molar-refractivity contribution in [2.24, 2.45) is 17.3 Å². The van der Waals surface area contributed by atoms with Crippen molar-refractivity contribution in [3.05, 3.63) is 40.7 Å². The summed E-state index contributed by atoms with van der Waals surface area (Å²) in [6, 6.07) is 7.36. The Morgan fingerprint density at radius 2 is 1.46 bits per heavy atom. The molecule has 1 aliphatic heterocycles. The van der Waals surface area contributed by atoms with Gasteiger partial charge in [0.15, 0.2) is 0 Å². The van der Waals surface area contributed by atoms with Crippen molar-refractivity contribution < 1.29 is 0 Å². The van der Waals surface area contributed by atoms with Crippen LogP contribution in [-0.2, 0) is 10.8 Å². The van der Waals surface area contributed by atoms with Crippen LogP contribution in [0.4, 0.5) is 5.69 Å². The number of fused-ring (bicyclic) bond motifs is 5. The van der Waals surface area contributed by atoms with Crippen LogP contribution in [-0.4, -0.2) is 18.6 Å². The minimum Gasteiger partial charge on any atom is -0.358 e. The molecule has 0 aromatic heterocycles. The molecule has 1 fully saturated rings. The molecule has 0 radical (unpaired) electrons. The van der Waals surface area contributed by atoms with E-state index in [1.54, 1.807) is 22.5 Å². The Hall–Kier alpha value is -1.44. The van der Waals surface area contributed by atoms with Gasteiger partial charge >= 0.3 is 0 Å². The van der Waals surface area contributed by atoms with Crippen LogP contribution in [0.25, 0.3) is 0 Å². The first-order valence-electron chi connectivity index (χ1n) is 10.4. The van der Waals surface area contributed by atoms with E-state index < -0.39 is 0 Å². The fourth-order valence-corrected chi connectivity index (χ4v) is 6.56. The molecule has 0 spiro atoms. The summed E-state index contributed by atoms with van der Waals surface area (Å²) >= 11 is 0. The lowest BCUT2D eigenvalue weighted by molar-refractivity contribution is 0.125. The normalized spacial score (nSPS) is 32.4. The van der Waals surface area contributed by atoms with E-state index in [0.29, 0.717) is 0 Å². The van der Waals surface area contributed by atoms with Crippen molar-refractivity contribution >= 4 is 5.69 Å². The zero-order valence-electron chi connectivity index (χ0n) is 17.6. The number of benzene rings is 1. The third-order valence-corrected chi connectivity index (χ3v) is 9.31. The average Bonchev–Trinajstić information content (AvgIpc) is 3.28. The zero-order chi connectivity index (χ0) is 18.6. The maximum absolute atomic E-state index is 2.63. The van der Waals surface area contributed by atoms with Crippen molar-refractivity contribution in [1.82, 2.24) is 4.90 Å². The van der Waals surface area contributed by atoms with Crippen LogP contribution < -0.4 is 4.90 Å². The minimum absolute atomic E-state index is 0.180. The van der Waals surface area contributed by atoms with E-state index in [-0.39, 0.29) is 16.2 Å². The molecule has 1 heterocycles. The Balaban J connectivity index is 1.62. The molecule has 0 N–H and O–H groups in total. The van der Waals surface area contributed by atoms with Gasteiger partial charge in [-0.3, -0.25) is 0 Å². The standard InChI is InChI=1S/C24H34N2/c1-22(2)18-11-10-17(13-19(18)23(3,4)24(22,5)6)26-14-25(7)20-15-8-9-16(12-15)21(20)26/h10-11,13,15-16H,8-9,12,14H2,1-7H3. The van der Waals surface area contributed by atoms with Crippen LogP contribution >= 0.6 is 0 Å². The Labute approximate surface area is 159 Å². The second kappa shape index (κ2) is 4.69. The number of rotatable bonds is 1. The molecule has 4 aliphatic rings. The molecule has 2 heteroatoms. The predicted octanol–water partition coefficient (Wildman–Crippen LogP) is 5.63. The van der Waals surface area contributed by atoms with E-state index in [1.807, 2.05) is 0 Å². The number of hydrogen-bond acceptors (Lipinski definition) is 2. The summed E-state index contributed by atoms with van der Waals surface area (Å²) in [4.78, 5) is 5.15. The van der Waals surface area contributed by atoms with Crippen molar-refractivity contribution in [2.75, 3.05) is 18.6 Å². The summed E-state index contributed by atoms with van der Waals surface area (Å²) in [6.07, 6.45) is 4.19. The van der Waals surface area contributed by atoms with Crippen LogP contribution in [0.2, 0.25) is 0 Å². The van der Waals surface area contributed by atoms with E-state index in [2.05, 4.69) is 76.6 Å². The van der Waals surface area contributed by atoms with Crippen molar-refractivity contribution in [3.8, 4) is 0 Å². The van der Waals surface area contributed by atoms with Gasteiger partial charge in [-0.15, -0.1) is 0 Å². The lowest BCUT2D eigenvalue weighted by Crippen LogP contribution is -2.42. The molecule has 0 saturated heterocycles. The first-order valence-corrected chi connectivity index (χ1v) is 10.4. The van der Waals surface area contributed by atoms with Crippen molar-refractivity contribution in [3.63, 3.8) is 0 Å². The Morgan fingerprint density at radius 3 is 2.15 bits per heavy atom. The van der Waals surface area contributed by atoms with E-state index >= 15 is 0 Å². The lowest BCUT2D eigenvalue weighted by Gasteiger charge is -2.44. The van der Waals surface area contributed by atoms with Gasteiger partial charge in [0.1, 0.15) is 0 Å². The third-order valence-electron chi connectivity index (χ3n) is 9.31. The predicted molar refractivity (Wildman–Crippen MR) is 109 cm³/mol. The van der Waals surface area contributed by atoms with Gasteiger partial charge in [0.05, 0.1) is 6.67 Å². The SMILES string of the molecule is CN1CN(c2ccc3c(c2)C(C)(C)C(C)(C)C3(C)C)C2=C1C1CCC2C1. The van der Waals surface area contributed by atoms with E-state index in [0.717, 1.165) is 18.5 Å². The smallest absolute Gasteiger partial charge is 0.0944 e. The Morgan fingerprint density at radius 1 is 0.846 bits per heavy atom. The van der Waals surface area contributed by atoms with Gasteiger partial charge in [-0.05, 0) is 58.8 Å². The highest BCUT2D eigenvalue weighted by Crippen LogP contribution is 2.62. The number of anilines is 1. The molecule has 26 heavy (non-hydrogen) atoms. The summed E-state index contributed by atoms with van der Waals surface area (Å²) < 4.78 is 0. The topological polar surface area (TPSA) is 6.48 Å². The summed E-state index contributed by atoms with van der Waals surface area (Å²) in [7, 11) is 2.29. The van der Waals surface area contributed by atoms with E-state index in [1.165, 1.54) is 24.9 Å². The van der Waals surface area contributed by atoms with Gasteiger partial charge in [-0.1, -0.05) is 47.6 Å². The molecule has 140 valence electrons. The second-order valence-electron chi connectivity index (χ2n) is 10.8. The van der Waals surface area contributed by atoms with Gasteiger partial charge in [-0.2, -0.15) is 0 Å². The second-order valence-corrected chi connectivity index (χ2v) is 10.8. The first kappa shape index (κ1) is 16.7. The highest BCUT2D eigenvalue weighted by Gasteiger charge is 2.57. The molecular formula is C24H34N2. The van der Waals surface area contributed by atoms with Gasteiger partial charge < -0.3 is 9.80 Å². The molecule has 5 rings (SSSR count). The summed E-state index contributed by atoms with van der Waals surface area (Å²) in [5.41, 5.74) is 8.44. The summed E-state index contributed by atoms with van der Waals surface area (Å²) in [5.74, 6) is 1.63. The molecule has 1 aromatic carbocycles. The monoisotopic (exact) mass is 350 g/mol. The highest BCUT2D eigenvalue weighted by molar-refractivity contribution is 5.63. The minimum atomic E-state index is 0.180. The van der Waals surface area contributed by atoms with E-state index in [4.69, 9.17) is 0 Å². The van der Waals surface area contributed by atoms with Gasteiger partial charge in [0.25, 0.3) is 0 Å². The van der Waals surface area contributed by atoms with Crippen molar-refractivity contribution in [2.45, 2.75) is 71.6 Å². The molecule has 2 atom stereocenters. The Kier molecular flexibility index (Phi) is 3.02. The summed E-state index contributed by atoms with van der Waals surface area (Å²) in [6.45, 7) is 15.7. The van der Waals surface area contributed by atoms with Crippen LogP contribution in [0.1, 0.15) is 71.9 Å². The maximum Gasteiger partial charge on any atom is 0.0944 e. The van der Waals surface area contributed by atoms with Crippen molar-refractivity contribution in [1.29, 1.82) is 0 Å². The van der Waals surface area contributed by atoms with Gasteiger partial charge in [0.2, 0.25) is 0 Å². The van der Waals surface area contributed by atoms with Crippen LogP contribution in [0.3, 0.4) is 0 Å². The lowest BCUT2D eigenvalue weighted by atomic mass is 9.59. The van der Waals surface area contributed by atoms with Gasteiger partial charge in [-0.25, -0.2) is 0 Å². The third kappa shape index (κ3) is 1.70. The number of allylic oxidation sites excluding steroid dienone is 2. The number of hydrogen-bond donors (Lipinski definition) is 0. The maximum atomic E-state index is 2.63. The van der Waals surface area contributed by atoms with E-state index in [9.17, 15) is 0 Å². The fraction of sp³-hybridized carbons (Fsp3) is 0.667. The molecule has 1 saturated carbocycles. The molecule has 2 nitrogen and oxygen atoms in total. The molecule has 3 aliphatic carbocycles. The molecule has 2 bridgehead atoms. The molecule has 0 amide bonds. The van der Waals surface area contributed by atoms with Crippen LogP contribution in [0.5, 0.6) is 0 Å². The van der Waals surface area contributed by atoms with Gasteiger partial charge in [0, 0.05) is 36.0 Å². The highest BCUT2D eigenvalue weighted by atomic mass is 15.4. The summed E-state index contributed by atoms with van der Waals surface area (Å²) in [5, 5.41) is 0. The zero-order valence-corrected chi connectivity index (χ0v) is 17.6. The first-order chi connectivity index (χ1) is 12.1. The van der Waals surface area contributed by atoms with Crippen LogP contribution in [0, 0.1) is 17.3 Å².